The molecule has 0 unspecified atom stereocenters. The fourth-order valence-corrected chi connectivity index (χ4v) is 3.83. The molecule has 0 radical (unpaired) electrons. The van der Waals surface area contributed by atoms with E-state index in [-0.39, 0.29) is 6.61 Å². The molecule has 110 valence electrons. The first-order valence-electron chi connectivity index (χ1n) is 7.46. The molecule has 0 bridgehead atoms. The molecule has 1 aliphatic carbocycles. The number of ether oxygens (including phenoxy) is 1. The lowest BCUT2D eigenvalue weighted by Crippen LogP contribution is -2.17. The Morgan fingerprint density at radius 3 is 3.00 bits per heavy atom. The van der Waals surface area contributed by atoms with Gasteiger partial charge in [-0.05, 0) is 31.4 Å². The number of benzene rings is 1. The molecule has 1 aromatic heterocycles. The minimum atomic E-state index is 0.0927. The summed E-state index contributed by atoms with van der Waals surface area (Å²) in [5, 5.41) is 10.6. The van der Waals surface area contributed by atoms with Crippen LogP contribution in [0.15, 0.2) is 24.3 Å². The van der Waals surface area contributed by atoms with E-state index in [1.54, 1.807) is 11.3 Å². The van der Waals surface area contributed by atoms with Gasteiger partial charge in [-0.2, -0.15) is 0 Å². The highest BCUT2D eigenvalue weighted by Gasteiger charge is 2.31. The Hall–Kier alpha value is -1.59. The number of fused-ring (bicyclic) bond motifs is 1. The van der Waals surface area contributed by atoms with Crippen molar-refractivity contribution in [3.05, 3.63) is 34.8 Å². The molecule has 0 atom stereocenters. The maximum absolute atomic E-state index is 9.58. The van der Waals surface area contributed by atoms with Gasteiger partial charge in [0.2, 0.25) is 0 Å². The van der Waals surface area contributed by atoms with Crippen LogP contribution in [-0.4, -0.2) is 23.2 Å². The summed E-state index contributed by atoms with van der Waals surface area (Å²) in [6, 6.07) is 8.12. The standard InChI is InChI=1S/C16H18N2O2S/c19-10-14-15(11-6-7-11)17-16(21-14)18-8-3-9-20-13-5-2-1-4-12(13)18/h1-2,4-5,11,19H,3,6-10H2. The molecule has 1 aromatic carbocycles. The number of thiazole rings is 1. The number of anilines is 2. The molecule has 0 spiro atoms. The first-order chi connectivity index (χ1) is 10.4. The van der Waals surface area contributed by atoms with Crippen LogP contribution in [0.25, 0.3) is 0 Å². The molecule has 1 aliphatic heterocycles. The Kier molecular flexibility index (Phi) is 3.31. The third kappa shape index (κ3) is 2.40. The van der Waals surface area contributed by atoms with E-state index in [1.165, 1.54) is 12.8 Å². The third-order valence-corrected chi connectivity index (χ3v) is 5.07. The van der Waals surface area contributed by atoms with Crippen molar-refractivity contribution in [2.24, 2.45) is 0 Å². The van der Waals surface area contributed by atoms with Crippen molar-refractivity contribution >= 4 is 22.2 Å². The normalized spacial score (nSPS) is 18.0. The fourth-order valence-electron chi connectivity index (χ4n) is 2.78. The van der Waals surface area contributed by atoms with Gasteiger partial charge in [-0.1, -0.05) is 23.5 Å². The van der Waals surface area contributed by atoms with E-state index in [2.05, 4.69) is 11.0 Å². The van der Waals surface area contributed by atoms with Crippen LogP contribution in [0.2, 0.25) is 0 Å². The summed E-state index contributed by atoms with van der Waals surface area (Å²) in [7, 11) is 0. The van der Waals surface area contributed by atoms with Gasteiger partial charge in [0.1, 0.15) is 5.75 Å². The summed E-state index contributed by atoms with van der Waals surface area (Å²) in [4.78, 5) is 8.09. The fraction of sp³-hybridized carbons (Fsp3) is 0.438. The molecule has 1 fully saturated rings. The quantitative estimate of drug-likeness (QED) is 0.943. The van der Waals surface area contributed by atoms with Gasteiger partial charge in [-0.25, -0.2) is 4.98 Å². The van der Waals surface area contributed by atoms with Crippen LogP contribution in [-0.2, 0) is 6.61 Å². The Labute approximate surface area is 128 Å². The van der Waals surface area contributed by atoms with Crippen LogP contribution < -0.4 is 9.64 Å². The summed E-state index contributed by atoms with van der Waals surface area (Å²) in [6.07, 6.45) is 3.38. The van der Waals surface area contributed by atoms with Crippen LogP contribution in [0, 0.1) is 0 Å². The van der Waals surface area contributed by atoms with E-state index in [4.69, 9.17) is 9.72 Å². The molecular formula is C16H18N2O2S. The van der Waals surface area contributed by atoms with E-state index < -0.39 is 0 Å². The average molecular weight is 302 g/mol. The van der Waals surface area contributed by atoms with E-state index in [0.717, 1.165) is 46.7 Å². The number of aromatic nitrogens is 1. The van der Waals surface area contributed by atoms with Gasteiger partial charge in [0.05, 0.1) is 29.5 Å². The number of hydrogen-bond acceptors (Lipinski definition) is 5. The number of hydrogen-bond donors (Lipinski definition) is 1. The van der Waals surface area contributed by atoms with Crippen molar-refractivity contribution in [3.63, 3.8) is 0 Å². The molecule has 1 saturated carbocycles. The van der Waals surface area contributed by atoms with Crippen LogP contribution in [0.3, 0.4) is 0 Å². The van der Waals surface area contributed by atoms with Gasteiger partial charge in [-0.3, -0.25) is 0 Å². The minimum absolute atomic E-state index is 0.0927. The highest BCUT2D eigenvalue weighted by atomic mass is 32.1. The highest BCUT2D eigenvalue weighted by Crippen LogP contribution is 2.46. The molecule has 0 saturated heterocycles. The second-order valence-electron chi connectivity index (χ2n) is 5.56. The van der Waals surface area contributed by atoms with Crippen molar-refractivity contribution in [2.75, 3.05) is 18.1 Å². The van der Waals surface area contributed by atoms with Gasteiger partial charge in [0.25, 0.3) is 0 Å². The first kappa shape index (κ1) is 13.1. The van der Waals surface area contributed by atoms with E-state index in [1.807, 2.05) is 18.2 Å². The maximum Gasteiger partial charge on any atom is 0.190 e. The molecular weight excluding hydrogens is 284 g/mol. The van der Waals surface area contributed by atoms with E-state index in [9.17, 15) is 5.11 Å². The summed E-state index contributed by atoms with van der Waals surface area (Å²) in [6.45, 7) is 1.73. The second kappa shape index (κ2) is 5.31. The Morgan fingerprint density at radius 2 is 2.19 bits per heavy atom. The summed E-state index contributed by atoms with van der Waals surface area (Å²) in [5.41, 5.74) is 2.19. The summed E-state index contributed by atoms with van der Waals surface area (Å²) in [5.74, 6) is 1.49. The monoisotopic (exact) mass is 302 g/mol. The topological polar surface area (TPSA) is 45.6 Å². The van der Waals surface area contributed by atoms with Crippen molar-refractivity contribution in [1.82, 2.24) is 4.98 Å². The maximum atomic E-state index is 9.58. The van der Waals surface area contributed by atoms with Crippen molar-refractivity contribution in [2.45, 2.75) is 31.8 Å². The SMILES string of the molecule is OCc1sc(N2CCCOc3ccccc32)nc1C1CC1. The van der Waals surface area contributed by atoms with Crippen LogP contribution in [0.1, 0.15) is 35.8 Å². The predicted octanol–water partition coefficient (Wildman–Crippen LogP) is 3.43. The lowest BCUT2D eigenvalue weighted by atomic mass is 10.2. The molecule has 0 amide bonds. The zero-order chi connectivity index (χ0) is 14.2. The second-order valence-corrected chi connectivity index (χ2v) is 6.62. The zero-order valence-electron chi connectivity index (χ0n) is 11.8. The summed E-state index contributed by atoms with van der Waals surface area (Å²) < 4.78 is 5.81. The largest absolute Gasteiger partial charge is 0.491 e. The highest BCUT2D eigenvalue weighted by molar-refractivity contribution is 7.15. The summed E-state index contributed by atoms with van der Waals surface area (Å²) >= 11 is 1.62. The van der Waals surface area contributed by atoms with Gasteiger partial charge < -0.3 is 14.7 Å². The molecule has 4 nitrogen and oxygen atoms in total. The van der Waals surface area contributed by atoms with Crippen LogP contribution >= 0.6 is 11.3 Å². The molecule has 2 aromatic rings. The Bertz CT molecular complexity index is 651. The van der Waals surface area contributed by atoms with E-state index in [0.29, 0.717) is 5.92 Å². The molecule has 1 N–H and O–H groups in total. The molecule has 21 heavy (non-hydrogen) atoms. The molecule has 2 heterocycles. The molecule has 2 aliphatic rings. The van der Waals surface area contributed by atoms with Crippen molar-refractivity contribution < 1.29 is 9.84 Å². The van der Waals surface area contributed by atoms with Crippen molar-refractivity contribution in [3.8, 4) is 5.75 Å². The van der Waals surface area contributed by atoms with Crippen molar-refractivity contribution in [1.29, 1.82) is 0 Å². The zero-order valence-corrected chi connectivity index (χ0v) is 12.6. The first-order valence-corrected chi connectivity index (χ1v) is 8.28. The lowest BCUT2D eigenvalue weighted by Gasteiger charge is -2.20. The van der Waals surface area contributed by atoms with Gasteiger partial charge in [0.15, 0.2) is 5.13 Å². The number of aliphatic hydroxyl groups is 1. The number of rotatable bonds is 3. The average Bonchev–Trinajstić information content (AvgIpc) is 3.31. The Morgan fingerprint density at radius 1 is 1.33 bits per heavy atom. The predicted molar refractivity (Wildman–Crippen MR) is 83.6 cm³/mol. The van der Waals surface area contributed by atoms with E-state index >= 15 is 0 Å². The minimum Gasteiger partial charge on any atom is -0.491 e. The van der Waals surface area contributed by atoms with Gasteiger partial charge in [-0.15, -0.1) is 0 Å². The lowest BCUT2D eigenvalue weighted by molar-refractivity contribution is 0.284. The number of aliphatic hydroxyl groups excluding tert-OH is 1. The van der Waals surface area contributed by atoms with Gasteiger partial charge in [0, 0.05) is 12.5 Å². The molecule has 5 heteroatoms. The smallest absolute Gasteiger partial charge is 0.190 e. The van der Waals surface area contributed by atoms with Crippen LogP contribution in [0.5, 0.6) is 5.75 Å². The number of para-hydroxylation sites is 2. The Balaban J connectivity index is 1.75. The van der Waals surface area contributed by atoms with Gasteiger partial charge >= 0.3 is 0 Å². The van der Waals surface area contributed by atoms with Crippen LogP contribution in [0.4, 0.5) is 10.8 Å². The molecule has 4 rings (SSSR count). The number of nitrogens with zero attached hydrogens (tertiary/aromatic N) is 2. The third-order valence-electron chi connectivity index (χ3n) is 3.99.